The Labute approximate surface area is 117 Å². The Morgan fingerprint density at radius 1 is 1.15 bits per heavy atom. The number of urea groups is 1. The zero-order chi connectivity index (χ0) is 14.5. The van der Waals surface area contributed by atoms with Crippen molar-refractivity contribution in [2.75, 3.05) is 16.4 Å². The lowest BCUT2D eigenvalue weighted by Gasteiger charge is -2.10. The summed E-state index contributed by atoms with van der Waals surface area (Å²) in [6.45, 7) is 1.87. The number of hydrogen-bond acceptors (Lipinski definition) is 3. The second-order valence-corrected chi connectivity index (χ2v) is 4.34. The van der Waals surface area contributed by atoms with Crippen molar-refractivity contribution in [3.8, 4) is 6.07 Å². The lowest BCUT2D eigenvalue weighted by Crippen LogP contribution is -2.19. The third-order valence-corrected chi connectivity index (χ3v) is 2.77. The van der Waals surface area contributed by atoms with Gasteiger partial charge in [-0.05, 0) is 55.0 Å². The number of hydrogen-bond donors (Lipinski definition) is 3. The zero-order valence-corrected chi connectivity index (χ0v) is 11.0. The molecule has 0 bridgehead atoms. The standard InChI is InChI=1S/C15H14N4O/c1-10-8-12(17)4-7-14(10)19-15(20)18-13-5-2-11(9-16)3-6-13/h2-8H,17H2,1H3,(H2,18,19,20). The lowest BCUT2D eigenvalue weighted by molar-refractivity contribution is 0.262. The molecule has 0 radical (unpaired) electrons. The molecule has 0 spiro atoms. The molecule has 0 aliphatic carbocycles. The fourth-order valence-electron chi connectivity index (χ4n) is 1.74. The van der Waals surface area contributed by atoms with Gasteiger partial charge >= 0.3 is 6.03 Å². The fraction of sp³-hybridized carbons (Fsp3) is 0.0667. The Hall–Kier alpha value is -3.00. The maximum absolute atomic E-state index is 11.9. The summed E-state index contributed by atoms with van der Waals surface area (Å²) >= 11 is 0. The summed E-state index contributed by atoms with van der Waals surface area (Å²) in [4.78, 5) is 11.9. The summed E-state index contributed by atoms with van der Waals surface area (Å²) < 4.78 is 0. The van der Waals surface area contributed by atoms with Crippen molar-refractivity contribution < 1.29 is 4.79 Å². The highest BCUT2D eigenvalue weighted by Gasteiger charge is 2.05. The van der Waals surface area contributed by atoms with Gasteiger partial charge in [0.25, 0.3) is 0 Å². The quantitative estimate of drug-likeness (QED) is 0.729. The van der Waals surface area contributed by atoms with Crippen molar-refractivity contribution in [2.45, 2.75) is 6.92 Å². The molecule has 2 amide bonds. The largest absolute Gasteiger partial charge is 0.399 e. The molecule has 20 heavy (non-hydrogen) atoms. The molecule has 100 valence electrons. The number of nitrogens with zero attached hydrogens (tertiary/aromatic N) is 1. The molecular weight excluding hydrogens is 252 g/mol. The van der Waals surface area contributed by atoms with Gasteiger partial charge in [-0.2, -0.15) is 5.26 Å². The van der Waals surface area contributed by atoms with Gasteiger partial charge in [-0.3, -0.25) is 0 Å². The van der Waals surface area contributed by atoms with Gasteiger partial charge in [0.2, 0.25) is 0 Å². The van der Waals surface area contributed by atoms with Crippen LogP contribution in [0, 0.1) is 18.3 Å². The van der Waals surface area contributed by atoms with Gasteiger partial charge in [0, 0.05) is 17.1 Å². The number of benzene rings is 2. The highest BCUT2D eigenvalue weighted by Crippen LogP contribution is 2.18. The summed E-state index contributed by atoms with van der Waals surface area (Å²) in [7, 11) is 0. The van der Waals surface area contributed by atoms with Crippen LogP contribution in [0.5, 0.6) is 0 Å². The molecule has 0 unspecified atom stereocenters. The first-order valence-electron chi connectivity index (χ1n) is 6.03. The Bertz CT molecular complexity index is 671. The van der Waals surface area contributed by atoms with Crippen LogP contribution < -0.4 is 16.4 Å². The normalized spacial score (nSPS) is 9.60. The van der Waals surface area contributed by atoms with Crippen LogP contribution in [0.15, 0.2) is 42.5 Å². The van der Waals surface area contributed by atoms with Crippen molar-refractivity contribution in [2.24, 2.45) is 0 Å². The van der Waals surface area contributed by atoms with Crippen LogP contribution in [0.25, 0.3) is 0 Å². The molecule has 0 fully saturated rings. The van der Waals surface area contributed by atoms with Crippen LogP contribution in [-0.4, -0.2) is 6.03 Å². The van der Waals surface area contributed by atoms with E-state index >= 15 is 0 Å². The van der Waals surface area contributed by atoms with Crippen LogP contribution in [0.1, 0.15) is 11.1 Å². The minimum absolute atomic E-state index is 0.345. The van der Waals surface area contributed by atoms with Gasteiger partial charge in [0.15, 0.2) is 0 Å². The number of aryl methyl sites for hydroxylation is 1. The van der Waals surface area contributed by atoms with E-state index in [0.29, 0.717) is 22.6 Å². The highest BCUT2D eigenvalue weighted by atomic mass is 16.2. The van der Waals surface area contributed by atoms with Crippen LogP contribution in [0.3, 0.4) is 0 Å². The summed E-state index contributed by atoms with van der Waals surface area (Å²) in [5.74, 6) is 0. The molecule has 2 aromatic carbocycles. The first kappa shape index (κ1) is 13.4. The SMILES string of the molecule is Cc1cc(N)ccc1NC(=O)Nc1ccc(C#N)cc1. The van der Waals surface area contributed by atoms with Crippen LogP contribution in [0.4, 0.5) is 21.9 Å². The average molecular weight is 266 g/mol. The predicted octanol–water partition coefficient (Wildman–Crippen LogP) is 3.09. The summed E-state index contributed by atoms with van der Waals surface area (Å²) in [5, 5.41) is 14.1. The van der Waals surface area contributed by atoms with Gasteiger partial charge < -0.3 is 16.4 Å². The second-order valence-electron chi connectivity index (χ2n) is 4.34. The molecule has 0 heterocycles. The maximum atomic E-state index is 11.9. The first-order valence-corrected chi connectivity index (χ1v) is 6.03. The summed E-state index contributed by atoms with van der Waals surface area (Å²) in [5.41, 5.74) is 9.06. The van der Waals surface area contributed by atoms with E-state index < -0.39 is 0 Å². The number of nitrogens with two attached hydrogens (primary N) is 1. The number of nitrogens with one attached hydrogen (secondary N) is 2. The van der Waals surface area contributed by atoms with Crippen molar-refractivity contribution in [1.29, 1.82) is 5.26 Å². The van der Waals surface area contributed by atoms with Gasteiger partial charge in [0.05, 0.1) is 11.6 Å². The van der Waals surface area contributed by atoms with Crippen molar-refractivity contribution in [3.63, 3.8) is 0 Å². The fourth-order valence-corrected chi connectivity index (χ4v) is 1.74. The molecule has 0 aliphatic heterocycles. The van der Waals surface area contributed by atoms with Crippen molar-refractivity contribution >= 4 is 23.1 Å². The van der Waals surface area contributed by atoms with Crippen molar-refractivity contribution in [1.82, 2.24) is 0 Å². The number of nitriles is 1. The van der Waals surface area contributed by atoms with Crippen LogP contribution >= 0.6 is 0 Å². The lowest BCUT2D eigenvalue weighted by atomic mass is 10.2. The number of carbonyl (C=O) groups is 1. The number of rotatable bonds is 2. The summed E-state index contributed by atoms with van der Waals surface area (Å²) in [6, 6.07) is 13.6. The third-order valence-electron chi connectivity index (χ3n) is 2.77. The maximum Gasteiger partial charge on any atom is 0.323 e. The molecule has 0 aromatic heterocycles. The number of amides is 2. The molecule has 0 aliphatic rings. The van der Waals surface area contributed by atoms with E-state index in [9.17, 15) is 4.79 Å². The first-order chi connectivity index (χ1) is 9.58. The predicted molar refractivity (Wildman–Crippen MR) is 79.4 cm³/mol. The highest BCUT2D eigenvalue weighted by molar-refractivity contribution is 6.00. The Kier molecular flexibility index (Phi) is 3.87. The van der Waals surface area contributed by atoms with Gasteiger partial charge in [-0.15, -0.1) is 0 Å². The van der Waals surface area contributed by atoms with Gasteiger partial charge in [-0.1, -0.05) is 0 Å². The minimum Gasteiger partial charge on any atom is -0.399 e. The molecular formula is C15H14N4O. The van der Waals surface area contributed by atoms with E-state index in [0.717, 1.165) is 5.56 Å². The van der Waals surface area contributed by atoms with Crippen molar-refractivity contribution in [3.05, 3.63) is 53.6 Å². The molecule has 4 N–H and O–H groups in total. The summed E-state index contributed by atoms with van der Waals surface area (Å²) in [6.07, 6.45) is 0. The van der Waals surface area contributed by atoms with E-state index in [4.69, 9.17) is 11.0 Å². The van der Waals surface area contributed by atoms with E-state index in [2.05, 4.69) is 10.6 Å². The molecule has 0 saturated heterocycles. The van der Waals surface area contributed by atoms with E-state index in [1.165, 1.54) is 0 Å². The monoisotopic (exact) mass is 266 g/mol. The Morgan fingerprint density at radius 2 is 1.85 bits per heavy atom. The second kappa shape index (κ2) is 5.76. The molecule has 0 saturated carbocycles. The number of nitrogen functional groups attached to an aromatic ring is 1. The average Bonchev–Trinajstić information content (AvgIpc) is 2.43. The molecule has 2 rings (SSSR count). The molecule has 5 nitrogen and oxygen atoms in total. The number of carbonyl (C=O) groups excluding carboxylic acids is 1. The molecule has 5 heteroatoms. The smallest absolute Gasteiger partial charge is 0.323 e. The Balaban J connectivity index is 2.03. The Morgan fingerprint density at radius 3 is 2.45 bits per heavy atom. The molecule has 2 aromatic rings. The van der Waals surface area contributed by atoms with Gasteiger partial charge in [-0.25, -0.2) is 4.79 Å². The third kappa shape index (κ3) is 3.27. The van der Waals surface area contributed by atoms with Crippen LogP contribution in [-0.2, 0) is 0 Å². The topological polar surface area (TPSA) is 90.9 Å². The van der Waals surface area contributed by atoms with Crippen LogP contribution in [0.2, 0.25) is 0 Å². The van der Waals surface area contributed by atoms with E-state index in [-0.39, 0.29) is 6.03 Å². The molecule has 0 atom stereocenters. The minimum atomic E-state index is -0.345. The van der Waals surface area contributed by atoms with E-state index in [1.54, 1.807) is 42.5 Å². The van der Waals surface area contributed by atoms with Gasteiger partial charge in [0.1, 0.15) is 0 Å². The number of anilines is 3. The van der Waals surface area contributed by atoms with E-state index in [1.807, 2.05) is 13.0 Å². The zero-order valence-electron chi connectivity index (χ0n) is 11.0.